The van der Waals surface area contributed by atoms with Crippen molar-refractivity contribution in [3.63, 3.8) is 0 Å². The Morgan fingerprint density at radius 3 is 2.60 bits per heavy atom. The summed E-state index contributed by atoms with van der Waals surface area (Å²) >= 11 is 0. The van der Waals surface area contributed by atoms with Crippen molar-refractivity contribution >= 4 is 0 Å². The lowest BCUT2D eigenvalue weighted by Gasteiger charge is -2.19. The maximum atomic E-state index is 9.52. The van der Waals surface area contributed by atoms with Crippen LogP contribution in [0.5, 0.6) is 0 Å². The molecule has 0 aliphatic rings. The number of nitriles is 2. The number of nitrogens with zero attached hydrogens (tertiary/aromatic N) is 5. The maximum Gasteiger partial charge on any atom is 0.137 e. The second kappa shape index (κ2) is 6.59. The summed E-state index contributed by atoms with van der Waals surface area (Å²) in [5.74, 6) is 0. The van der Waals surface area contributed by atoms with E-state index < -0.39 is 5.41 Å². The molecule has 3 rings (SSSR count). The molecule has 0 aliphatic heterocycles. The van der Waals surface area contributed by atoms with Gasteiger partial charge in [0.05, 0.1) is 29.7 Å². The zero-order valence-corrected chi connectivity index (χ0v) is 14.1. The van der Waals surface area contributed by atoms with Gasteiger partial charge in [-0.15, -0.1) is 0 Å². The predicted molar refractivity (Wildman–Crippen MR) is 94.4 cm³/mol. The molecule has 0 N–H and O–H groups in total. The van der Waals surface area contributed by atoms with Crippen molar-refractivity contribution in [2.24, 2.45) is 0 Å². The lowest BCUT2D eigenvalue weighted by atomic mass is 9.83. The first kappa shape index (κ1) is 16.4. The van der Waals surface area contributed by atoms with Crippen LogP contribution in [0.2, 0.25) is 0 Å². The molecule has 1 heterocycles. The van der Waals surface area contributed by atoms with Gasteiger partial charge in [0.25, 0.3) is 0 Å². The van der Waals surface area contributed by atoms with Crippen molar-refractivity contribution in [3.8, 4) is 23.3 Å². The van der Waals surface area contributed by atoms with Crippen LogP contribution in [0, 0.1) is 22.7 Å². The van der Waals surface area contributed by atoms with Crippen LogP contribution in [0.4, 0.5) is 0 Å². The van der Waals surface area contributed by atoms with Gasteiger partial charge in [0.15, 0.2) is 0 Å². The van der Waals surface area contributed by atoms with Crippen molar-refractivity contribution in [3.05, 3.63) is 71.8 Å². The first-order chi connectivity index (χ1) is 12.0. The molecule has 0 fully saturated rings. The Bertz CT molecular complexity index is 972. The third-order valence-electron chi connectivity index (χ3n) is 4.13. The number of aromatic nitrogens is 3. The molecular weight excluding hydrogens is 310 g/mol. The van der Waals surface area contributed by atoms with Crippen LogP contribution in [0.3, 0.4) is 0 Å². The Labute approximate surface area is 146 Å². The molecule has 2 aromatic carbocycles. The lowest BCUT2D eigenvalue weighted by Crippen LogP contribution is -2.15. The highest BCUT2D eigenvalue weighted by molar-refractivity contribution is 5.67. The fourth-order valence-corrected chi connectivity index (χ4v) is 2.65. The minimum atomic E-state index is -0.611. The molecule has 0 unspecified atom stereocenters. The zero-order chi connectivity index (χ0) is 17.9. The molecule has 122 valence electrons. The average molecular weight is 327 g/mol. The van der Waals surface area contributed by atoms with Gasteiger partial charge in [0.1, 0.15) is 12.7 Å². The van der Waals surface area contributed by atoms with Gasteiger partial charge in [0.2, 0.25) is 0 Å². The fraction of sp³-hybridized carbons (Fsp3) is 0.200. The van der Waals surface area contributed by atoms with E-state index in [9.17, 15) is 5.26 Å². The second-order valence-electron chi connectivity index (χ2n) is 6.44. The summed E-state index contributed by atoms with van der Waals surface area (Å²) in [6.45, 7) is 4.37. The Morgan fingerprint density at radius 2 is 1.92 bits per heavy atom. The minimum absolute atomic E-state index is 0.570. The predicted octanol–water partition coefficient (Wildman–Crippen LogP) is 3.67. The summed E-state index contributed by atoms with van der Waals surface area (Å²) in [4.78, 5) is 3.97. The van der Waals surface area contributed by atoms with Crippen molar-refractivity contribution in [1.29, 1.82) is 10.5 Å². The highest BCUT2D eigenvalue weighted by Crippen LogP contribution is 2.30. The van der Waals surface area contributed by atoms with Crippen LogP contribution >= 0.6 is 0 Å². The van der Waals surface area contributed by atoms with E-state index >= 15 is 0 Å². The molecule has 0 radical (unpaired) electrons. The highest BCUT2D eigenvalue weighted by atomic mass is 15.3. The SMILES string of the molecule is CC(C)(C#N)c1cc(Cn2cncn2)cc(-c2cccc(C#N)c2)c1. The fourth-order valence-electron chi connectivity index (χ4n) is 2.65. The van der Waals surface area contributed by atoms with Crippen molar-refractivity contribution in [2.75, 3.05) is 0 Å². The summed E-state index contributed by atoms with van der Waals surface area (Å²) in [5, 5.41) is 22.8. The van der Waals surface area contributed by atoms with Crippen LogP contribution in [0.25, 0.3) is 11.1 Å². The van der Waals surface area contributed by atoms with E-state index in [-0.39, 0.29) is 0 Å². The van der Waals surface area contributed by atoms with E-state index in [1.54, 1.807) is 17.1 Å². The zero-order valence-electron chi connectivity index (χ0n) is 14.1. The maximum absolute atomic E-state index is 9.52. The molecule has 0 saturated heterocycles. The molecule has 3 aromatic rings. The molecule has 0 bridgehead atoms. The lowest BCUT2D eigenvalue weighted by molar-refractivity contribution is 0.668. The van der Waals surface area contributed by atoms with Crippen molar-refractivity contribution in [2.45, 2.75) is 25.8 Å². The Hall–Kier alpha value is -3.44. The van der Waals surface area contributed by atoms with Crippen LogP contribution < -0.4 is 0 Å². The van der Waals surface area contributed by atoms with E-state index in [4.69, 9.17) is 5.26 Å². The molecule has 25 heavy (non-hydrogen) atoms. The van der Waals surface area contributed by atoms with Gasteiger partial charge in [-0.25, -0.2) is 9.67 Å². The molecule has 5 nitrogen and oxygen atoms in total. The summed E-state index contributed by atoms with van der Waals surface area (Å²) < 4.78 is 1.74. The molecule has 1 aromatic heterocycles. The highest BCUT2D eigenvalue weighted by Gasteiger charge is 2.21. The topological polar surface area (TPSA) is 78.3 Å². The minimum Gasteiger partial charge on any atom is -0.249 e. The molecule has 0 spiro atoms. The Kier molecular flexibility index (Phi) is 4.33. The van der Waals surface area contributed by atoms with E-state index in [2.05, 4.69) is 28.3 Å². The number of hydrogen-bond donors (Lipinski definition) is 0. The van der Waals surface area contributed by atoms with Gasteiger partial charge in [0, 0.05) is 0 Å². The van der Waals surface area contributed by atoms with Gasteiger partial charge in [-0.2, -0.15) is 15.6 Å². The first-order valence-electron chi connectivity index (χ1n) is 7.90. The van der Waals surface area contributed by atoms with Crippen molar-refractivity contribution < 1.29 is 0 Å². The molecule has 0 amide bonds. The average Bonchev–Trinajstić information content (AvgIpc) is 3.14. The summed E-state index contributed by atoms with van der Waals surface area (Å²) in [5.41, 5.74) is 3.90. The van der Waals surface area contributed by atoms with Gasteiger partial charge < -0.3 is 0 Å². The molecule has 5 heteroatoms. The largest absolute Gasteiger partial charge is 0.249 e. The molecule has 0 atom stereocenters. The summed E-state index contributed by atoms with van der Waals surface area (Å²) in [6, 6.07) is 18.1. The molecule has 0 saturated carbocycles. The second-order valence-corrected chi connectivity index (χ2v) is 6.44. The van der Waals surface area contributed by atoms with Crippen molar-refractivity contribution in [1.82, 2.24) is 14.8 Å². The monoisotopic (exact) mass is 327 g/mol. The van der Waals surface area contributed by atoms with Gasteiger partial charge in [-0.1, -0.05) is 18.2 Å². The first-order valence-corrected chi connectivity index (χ1v) is 7.90. The quantitative estimate of drug-likeness (QED) is 0.732. The van der Waals surface area contributed by atoms with Crippen LogP contribution in [-0.2, 0) is 12.0 Å². The standard InChI is InChI=1S/C20H17N5/c1-20(2,12-22)19-8-16(11-25-14-23-13-24-25)7-18(9-19)17-5-3-4-15(6-17)10-21/h3-9,13-14H,11H2,1-2H3. The number of hydrogen-bond acceptors (Lipinski definition) is 4. The summed E-state index contributed by atoms with van der Waals surface area (Å²) in [7, 11) is 0. The van der Waals surface area contributed by atoms with E-state index in [0.717, 1.165) is 22.3 Å². The van der Waals surface area contributed by atoms with Crippen LogP contribution in [-0.4, -0.2) is 14.8 Å². The third-order valence-corrected chi connectivity index (χ3v) is 4.13. The van der Waals surface area contributed by atoms with Gasteiger partial charge in [-0.05, 0) is 60.4 Å². The normalized spacial score (nSPS) is 10.9. The van der Waals surface area contributed by atoms with E-state index in [1.165, 1.54) is 6.33 Å². The van der Waals surface area contributed by atoms with Gasteiger partial charge in [-0.3, -0.25) is 0 Å². The molecule has 0 aliphatic carbocycles. The summed E-state index contributed by atoms with van der Waals surface area (Å²) in [6.07, 6.45) is 3.17. The molecular formula is C20H17N5. The van der Waals surface area contributed by atoms with E-state index in [1.807, 2.05) is 44.2 Å². The number of rotatable bonds is 4. The van der Waals surface area contributed by atoms with Gasteiger partial charge >= 0.3 is 0 Å². The third kappa shape index (κ3) is 3.57. The van der Waals surface area contributed by atoms with E-state index in [0.29, 0.717) is 12.1 Å². The van der Waals surface area contributed by atoms with Crippen LogP contribution in [0.15, 0.2) is 55.1 Å². The Balaban J connectivity index is 2.12. The number of benzene rings is 2. The smallest absolute Gasteiger partial charge is 0.137 e. The van der Waals surface area contributed by atoms with Crippen LogP contribution in [0.1, 0.15) is 30.5 Å². The Morgan fingerprint density at radius 1 is 1.08 bits per heavy atom.